The highest BCUT2D eigenvalue weighted by atomic mass is 16.5. The molecule has 1 N–H and O–H groups in total. The van der Waals surface area contributed by atoms with Crippen LogP contribution in [0.3, 0.4) is 0 Å². The SMILES string of the molecule is CC[C@H]1O[C@@H](n2cnc3c(=O)[nH]c(C)nc32)CC1C. The van der Waals surface area contributed by atoms with E-state index in [0.717, 1.165) is 12.8 Å². The second-order valence-corrected chi connectivity index (χ2v) is 5.23. The fraction of sp³-hybridized carbons (Fsp3) is 0.615. The first-order valence-electron chi connectivity index (χ1n) is 6.69. The van der Waals surface area contributed by atoms with Gasteiger partial charge in [-0.15, -0.1) is 0 Å². The van der Waals surface area contributed by atoms with Crippen molar-refractivity contribution in [2.45, 2.75) is 45.9 Å². The summed E-state index contributed by atoms with van der Waals surface area (Å²) in [5, 5.41) is 0. The van der Waals surface area contributed by atoms with Gasteiger partial charge in [0.25, 0.3) is 5.56 Å². The van der Waals surface area contributed by atoms with E-state index < -0.39 is 0 Å². The highest BCUT2D eigenvalue weighted by Gasteiger charge is 2.33. The van der Waals surface area contributed by atoms with Crippen molar-refractivity contribution < 1.29 is 4.74 Å². The summed E-state index contributed by atoms with van der Waals surface area (Å²) < 4.78 is 7.90. The zero-order valence-electron chi connectivity index (χ0n) is 11.4. The lowest BCUT2D eigenvalue weighted by molar-refractivity contribution is -0.00305. The van der Waals surface area contributed by atoms with Crippen LogP contribution in [0.15, 0.2) is 11.1 Å². The molecule has 0 aromatic carbocycles. The van der Waals surface area contributed by atoms with Crippen molar-refractivity contribution >= 4 is 11.2 Å². The summed E-state index contributed by atoms with van der Waals surface area (Å²) >= 11 is 0. The van der Waals surface area contributed by atoms with Gasteiger partial charge in [0, 0.05) is 0 Å². The van der Waals surface area contributed by atoms with Gasteiger partial charge in [-0.1, -0.05) is 13.8 Å². The van der Waals surface area contributed by atoms with Crippen molar-refractivity contribution in [3.8, 4) is 0 Å². The van der Waals surface area contributed by atoms with Crippen LogP contribution in [-0.4, -0.2) is 25.6 Å². The van der Waals surface area contributed by atoms with Crippen LogP contribution in [0.5, 0.6) is 0 Å². The van der Waals surface area contributed by atoms with E-state index in [-0.39, 0.29) is 17.9 Å². The Morgan fingerprint density at radius 1 is 1.58 bits per heavy atom. The van der Waals surface area contributed by atoms with Crippen molar-refractivity contribution in [3.05, 3.63) is 22.5 Å². The van der Waals surface area contributed by atoms with Crippen LogP contribution in [0.25, 0.3) is 11.2 Å². The molecule has 3 rings (SSSR count). The fourth-order valence-electron chi connectivity index (χ4n) is 2.79. The van der Waals surface area contributed by atoms with Gasteiger partial charge in [0.2, 0.25) is 0 Å². The first-order valence-corrected chi connectivity index (χ1v) is 6.69. The molecule has 1 fully saturated rings. The van der Waals surface area contributed by atoms with Crippen molar-refractivity contribution in [2.24, 2.45) is 5.92 Å². The molecule has 0 radical (unpaired) electrons. The normalized spacial score (nSPS) is 27.2. The Morgan fingerprint density at radius 3 is 3.05 bits per heavy atom. The van der Waals surface area contributed by atoms with Gasteiger partial charge in [-0.2, -0.15) is 0 Å². The standard InChI is InChI=1S/C13H18N4O2/c1-4-9-7(2)5-10(19-9)17-6-14-11-12(17)15-8(3)16-13(11)18/h6-7,9-10H,4-5H2,1-3H3,(H,15,16,18)/t7?,9-,10-/m1/s1. The summed E-state index contributed by atoms with van der Waals surface area (Å²) in [6.07, 6.45) is 3.78. The number of hydrogen-bond acceptors (Lipinski definition) is 4. The van der Waals surface area contributed by atoms with Gasteiger partial charge in [-0.25, -0.2) is 9.97 Å². The molecule has 102 valence electrons. The van der Waals surface area contributed by atoms with Crippen LogP contribution in [0.2, 0.25) is 0 Å². The molecule has 0 spiro atoms. The molecular formula is C13H18N4O2. The Balaban J connectivity index is 2.05. The predicted octanol–water partition coefficient (Wildman–Crippen LogP) is 1.76. The highest BCUT2D eigenvalue weighted by molar-refractivity contribution is 5.69. The maximum atomic E-state index is 11.8. The van der Waals surface area contributed by atoms with Gasteiger partial charge in [0.05, 0.1) is 12.4 Å². The number of H-pyrrole nitrogens is 1. The van der Waals surface area contributed by atoms with E-state index in [9.17, 15) is 4.79 Å². The summed E-state index contributed by atoms with van der Waals surface area (Å²) in [4.78, 5) is 23.0. The van der Waals surface area contributed by atoms with Gasteiger partial charge in [0.1, 0.15) is 12.1 Å². The van der Waals surface area contributed by atoms with Crippen molar-refractivity contribution in [2.75, 3.05) is 0 Å². The Labute approximate surface area is 110 Å². The van der Waals surface area contributed by atoms with Gasteiger partial charge >= 0.3 is 0 Å². The zero-order valence-corrected chi connectivity index (χ0v) is 11.4. The van der Waals surface area contributed by atoms with Crippen LogP contribution in [0.1, 0.15) is 38.7 Å². The lowest BCUT2D eigenvalue weighted by Gasteiger charge is -2.14. The molecule has 2 aromatic heterocycles. The fourth-order valence-corrected chi connectivity index (χ4v) is 2.79. The van der Waals surface area contributed by atoms with Gasteiger partial charge in [0.15, 0.2) is 11.2 Å². The molecule has 1 unspecified atom stereocenters. The Bertz CT molecular complexity index is 660. The van der Waals surface area contributed by atoms with Crippen LogP contribution in [-0.2, 0) is 4.74 Å². The topological polar surface area (TPSA) is 72.8 Å². The maximum Gasteiger partial charge on any atom is 0.279 e. The van der Waals surface area contributed by atoms with Crippen LogP contribution >= 0.6 is 0 Å². The van der Waals surface area contributed by atoms with E-state index in [1.165, 1.54) is 0 Å². The van der Waals surface area contributed by atoms with Gasteiger partial charge in [-0.05, 0) is 25.7 Å². The number of fused-ring (bicyclic) bond motifs is 1. The van der Waals surface area contributed by atoms with E-state index in [2.05, 4.69) is 28.8 Å². The van der Waals surface area contributed by atoms with Gasteiger partial charge < -0.3 is 9.72 Å². The Hall–Kier alpha value is -1.69. The zero-order chi connectivity index (χ0) is 13.6. The van der Waals surface area contributed by atoms with Crippen molar-refractivity contribution in [1.82, 2.24) is 19.5 Å². The molecule has 0 aliphatic carbocycles. The number of rotatable bonds is 2. The molecule has 0 bridgehead atoms. The summed E-state index contributed by atoms with van der Waals surface area (Å²) in [6.45, 7) is 6.09. The number of aromatic nitrogens is 4. The number of aryl methyl sites for hydroxylation is 1. The first kappa shape index (κ1) is 12.3. The third-order valence-electron chi connectivity index (χ3n) is 3.80. The molecule has 1 aliphatic heterocycles. The van der Waals surface area contributed by atoms with E-state index >= 15 is 0 Å². The van der Waals surface area contributed by atoms with Crippen LogP contribution < -0.4 is 5.56 Å². The molecule has 3 atom stereocenters. The first-order chi connectivity index (χ1) is 9.10. The highest BCUT2D eigenvalue weighted by Crippen LogP contribution is 2.35. The molecule has 1 saturated heterocycles. The minimum Gasteiger partial charge on any atom is -0.354 e. The number of ether oxygens (including phenoxy) is 1. The molecular weight excluding hydrogens is 244 g/mol. The molecule has 3 heterocycles. The predicted molar refractivity (Wildman–Crippen MR) is 70.9 cm³/mol. The molecule has 0 amide bonds. The second-order valence-electron chi connectivity index (χ2n) is 5.23. The Morgan fingerprint density at radius 2 is 2.37 bits per heavy atom. The van der Waals surface area contributed by atoms with E-state index in [1.54, 1.807) is 13.3 Å². The monoisotopic (exact) mass is 262 g/mol. The average molecular weight is 262 g/mol. The minimum atomic E-state index is -0.195. The van der Waals surface area contributed by atoms with E-state index in [1.807, 2.05) is 4.57 Å². The number of nitrogens with one attached hydrogen (secondary N) is 1. The lowest BCUT2D eigenvalue weighted by atomic mass is 10.0. The quantitative estimate of drug-likeness (QED) is 0.895. The summed E-state index contributed by atoms with van der Waals surface area (Å²) in [5.41, 5.74) is 0.788. The number of hydrogen-bond donors (Lipinski definition) is 1. The average Bonchev–Trinajstić information content (AvgIpc) is 2.92. The van der Waals surface area contributed by atoms with Crippen molar-refractivity contribution in [3.63, 3.8) is 0 Å². The molecule has 6 nitrogen and oxygen atoms in total. The lowest BCUT2D eigenvalue weighted by Crippen LogP contribution is -2.14. The van der Waals surface area contributed by atoms with Gasteiger partial charge in [-0.3, -0.25) is 9.36 Å². The number of imidazole rings is 1. The third-order valence-corrected chi connectivity index (χ3v) is 3.80. The molecule has 6 heteroatoms. The molecule has 2 aromatic rings. The molecule has 1 aliphatic rings. The van der Waals surface area contributed by atoms with Crippen LogP contribution in [0.4, 0.5) is 0 Å². The third kappa shape index (κ3) is 1.96. The summed E-state index contributed by atoms with van der Waals surface area (Å²) in [5.74, 6) is 1.10. The molecule has 19 heavy (non-hydrogen) atoms. The minimum absolute atomic E-state index is 0.0707. The number of nitrogens with zero attached hydrogens (tertiary/aromatic N) is 3. The summed E-state index contributed by atoms with van der Waals surface area (Å²) in [7, 11) is 0. The Kier molecular flexibility index (Phi) is 2.89. The van der Waals surface area contributed by atoms with E-state index in [0.29, 0.717) is 22.9 Å². The smallest absolute Gasteiger partial charge is 0.279 e. The van der Waals surface area contributed by atoms with E-state index in [4.69, 9.17) is 4.74 Å². The molecule has 0 saturated carbocycles. The van der Waals surface area contributed by atoms with Crippen molar-refractivity contribution in [1.29, 1.82) is 0 Å². The maximum absolute atomic E-state index is 11.8. The van der Waals surface area contributed by atoms with Crippen LogP contribution in [0, 0.1) is 12.8 Å². The number of aromatic amines is 1. The second kappa shape index (κ2) is 4.45. The largest absolute Gasteiger partial charge is 0.354 e. The summed E-state index contributed by atoms with van der Waals surface area (Å²) in [6, 6.07) is 0.